The standard InChI is InChI=1S/C39H65O9P/c1-3-5-7-8-9-10-11-12-15-19-22-25-29-33-39(42)48-37(35-47-49(43,44)45)34-46-38(41)32-28-24-21-18-16-13-14-17-20-23-27-31-36(40)30-26-6-4-2/h10-11,13-14,18,20-21,23,27,31,37H,3-9,12,15-17,19,22,24-26,28-30,32-35H2,1-2H3,(H2,43,44,45)/b11-10-,14-13-,21-18-,23-20-,31-27+/t37-/m1/s1. The van der Waals surface area contributed by atoms with E-state index >= 15 is 0 Å². The number of hydrogen-bond acceptors (Lipinski definition) is 7. The van der Waals surface area contributed by atoms with E-state index < -0.39 is 32.5 Å². The largest absolute Gasteiger partial charge is 0.469 e. The fourth-order valence-electron chi connectivity index (χ4n) is 4.67. The van der Waals surface area contributed by atoms with Crippen molar-refractivity contribution in [2.75, 3.05) is 13.2 Å². The Bertz CT molecular complexity index is 1040. The van der Waals surface area contributed by atoms with Crippen LogP contribution in [0.4, 0.5) is 0 Å². The predicted octanol–water partition coefficient (Wildman–Crippen LogP) is 10.1. The molecule has 0 bridgehead atoms. The number of esters is 2. The molecule has 49 heavy (non-hydrogen) atoms. The van der Waals surface area contributed by atoms with E-state index in [4.69, 9.17) is 19.3 Å². The third-order valence-corrected chi connectivity index (χ3v) is 7.97. The van der Waals surface area contributed by atoms with Crippen LogP contribution in [0.25, 0.3) is 0 Å². The van der Waals surface area contributed by atoms with Crippen LogP contribution in [-0.2, 0) is 32.9 Å². The van der Waals surface area contributed by atoms with E-state index in [0.29, 0.717) is 25.7 Å². The molecule has 0 rings (SSSR count). The van der Waals surface area contributed by atoms with Crippen molar-refractivity contribution in [2.45, 2.75) is 155 Å². The highest BCUT2D eigenvalue weighted by Crippen LogP contribution is 2.35. The van der Waals surface area contributed by atoms with Crippen molar-refractivity contribution in [1.82, 2.24) is 0 Å². The summed E-state index contributed by atoms with van der Waals surface area (Å²) in [5.41, 5.74) is 0. The molecule has 0 aromatic carbocycles. The zero-order valence-electron chi connectivity index (χ0n) is 30.3. The van der Waals surface area contributed by atoms with Gasteiger partial charge in [0, 0.05) is 19.3 Å². The molecule has 0 spiro atoms. The van der Waals surface area contributed by atoms with Gasteiger partial charge in [-0.15, -0.1) is 0 Å². The second kappa shape index (κ2) is 33.9. The van der Waals surface area contributed by atoms with Crippen molar-refractivity contribution in [3.8, 4) is 0 Å². The van der Waals surface area contributed by atoms with Gasteiger partial charge in [0.05, 0.1) is 6.61 Å². The Labute approximate surface area is 296 Å². The topological polar surface area (TPSA) is 136 Å². The van der Waals surface area contributed by atoms with Crippen molar-refractivity contribution in [3.63, 3.8) is 0 Å². The molecule has 0 unspecified atom stereocenters. The van der Waals surface area contributed by atoms with Crippen LogP contribution in [0.5, 0.6) is 0 Å². The van der Waals surface area contributed by atoms with E-state index in [-0.39, 0.29) is 25.2 Å². The summed E-state index contributed by atoms with van der Waals surface area (Å²) in [7, 11) is -4.78. The molecule has 0 heterocycles. The summed E-state index contributed by atoms with van der Waals surface area (Å²) >= 11 is 0. The van der Waals surface area contributed by atoms with E-state index in [2.05, 4.69) is 30.5 Å². The average molecular weight is 709 g/mol. The number of phosphoric acid groups is 1. The van der Waals surface area contributed by atoms with Gasteiger partial charge in [-0.1, -0.05) is 120 Å². The fraction of sp³-hybridized carbons (Fsp3) is 0.667. The Kier molecular flexibility index (Phi) is 32.1. The number of carbonyl (C=O) groups excluding carboxylic acids is 3. The van der Waals surface area contributed by atoms with Gasteiger partial charge in [-0.05, 0) is 70.3 Å². The third kappa shape index (κ3) is 36.5. The molecular weight excluding hydrogens is 643 g/mol. The number of ether oxygens (including phenoxy) is 2. The highest BCUT2D eigenvalue weighted by Gasteiger charge is 2.22. The lowest BCUT2D eigenvalue weighted by atomic mass is 10.1. The van der Waals surface area contributed by atoms with Gasteiger partial charge in [-0.2, -0.15) is 0 Å². The first-order chi connectivity index (χ1) is 23.7. The van der Waals surface area contributed by atoms with Gasteiger partial charge in [0.15, 0.2) is 11.9 Å². The van der Waals surface area contributed by atoms with Crippen LogP contribution in [0.15, 0.2) is 60.8 Å². The summed E-state index contributed by atoms with van der Waals surface area (Å²) in [4.78, 5) is 54.3. The summed E-state index contributed by atoms with van der Waals surface area (Å²) < 4.78 is 26.2. The fourth-order valence-corrected chi connectivity index (χ4v) is 5.03. The maximum Gasteiger partial charge on any atom is 0.469 e. The number of ketones is 1. The second-order valence-corrected chi connectivity index (χ2v) is 13.5. The van der Waals surface area contributed by atoms with E-state index in [0.717, 1.165) is 70.6 Å². The van der Waals surface area contributed by atoms with E-state index in [1.54, 1.807) is 12.2 Å². The lowest BCUT2D eigenvalue weighted by molar-refractivity contribution is -0.161. The molecule has 9 nitrogen and oxygen atoms in total. The Morgan fingerprint density at radius 3 is 1.82 bits per heavy atom. The molecule has 0 saturated carbocycles. The maximum atomic E-state index is 12.3. The van der Waals surface area contributed by atoms with Crippen LogP contribution in [0.2, 0.25) is 0 Å². The van der Waals surface area contributed by atoms with Gasteiger partial charge >= 0.3 is 19.8 Å². The number of unbranched alkanes of at least 4 members (excludes halogenated alkanes) is 12. The number of allylic oxidation sites excluding steroid dienone is 10. The van der Waals surface area contributed by atoms with E-state index in [1.165, 1.54) is 25.7 Å². The lowest BCUT2D eigenvalue weighted by Crippen LogP contribution is -2.29. The zero-order chi connectivity index (χ0) is 36.3. The van der Waals surface area contributed by atoms with E-state index in [1.807, 2.05) is 36.5 Å². The highest BCUT2D eigenvalue weighted by atomic mass is 31.2. The average Bonchev–Trinajstić information content (AvgIpc) is 3.06. The van der Waals surface area contributed by atoms with Crippen LogP contribution >= 0.6 is 7.82 Å². The Morgan fingerprint density at radius 1 is 0.592 bits per heavy atom. The highest BCUT2D eigenvalue weighted by molar-refractivity contribution is 7.46. The molecule has 0 saturated heterocycles. The molecule has 280 valence electrons. The number of hydrogen-bond donors (Lipinski definition) is 2. The molecule has 0 amide bonds. The van der Waals surface area contributed by atoms with E-state index in [9.17, 15) is 18.9 Å². The van der Waals surface area contributed by atoms with Crippen LogP contribution in [0, 0.1) is 0 Å². The monoisotopic (exact) mass is 708 g/mol. The number of phosphoric ester groups is 1. The molecule has 0 aromatic rings. The van der Waals surface area contributed by atoms with Crippen LogP contribution < -0.4 is 0 Å². The molecule has 0 aliphatic heterocycles. The SMILES string of the molecule is CCCCCC/C=C\CCCCCCCC(=O)O[C@H](COC(=O)CCC/C=C\C/C=C\C/C=C\C=C\C(=O)CCCCC)COP(=O)(O)O. The predicted molar refractivity (Wildman–Crippen MR) is 198 cm³/mol. The van der Waals surface area contributed by atoms with Crippen molar-refractivity contribution in [3.05, 3.63) is 60.8 Å². The summed E-state index contributed by atoms with van der Waals surface area (Å²) in [5, 5.41) is 0. The summed E-state index contributed by atoms with van der Waals surface area (Å²) in [6.07, 6.45) is 37.9. The van der Waals surface area contributed by atoms with Crippen LogP contribution in [-0.4, -0.2) is 46.8 Å². The molecule has 0 aromatic heterocycles. The minimum absolute atomic E-state index is 0.161. The van der Waals surface area contributed by atoms with Gasteiger partial charge in [0.25, 0.3) is 0 Å². The van der Waals surface area contributed by atoms with Crippen molar-refractivity contribution < 1.29 is 42.7 Å². The van der Waals surface area contributed by atoms with Gasteiger partial charge in [0.2, 0.25) is 0 Å². The molecule has 0 aliphatic rings. The lowest BCUT2D eigenvalue weighted by Gasteiger charge is -2.18. The minimum Gasteiger partial charge on any atom is -0.462 e. The van der Waals surface area contributed by atoms with Gasteiger partial charge in [-0.3, -0.25) is 18.9 Å². The smallest absolute Gasteiger partial charge is 0.462 e. The molecule has 10 heteroatoms. The first kappa shape index (κ1) is 46.4. The third-order valence-electron chi connectivity index (χ3n) is 7.49. The Morgan fingerprint density at radius 2 is 1.12 bits per heavy atom. The molecule has 0 radical (unpaired) electrons. The van der Waals surface area contributed by atoms with Crippen LogP contribution in [0.1, 0.15) is 149 Å². The Hall–Kier alpha value is -2.58. The minimum atomic E-state index is -4.78. The van der Waals surface area contributed by atoms with Crippen molar-refractivity contribution >= 4 is 25.5 Å². The molecule has 0 fully saturated rings. The first-order valence-electron chi connectivity index (χ1n) is 18.5. The quantitative estimate of drug-likeness (QED) is 0.0170. The summed E-state index contributed by atoms with van der Waals surface area (Å²) in [6.45, 7) is 3.43. The molecular formula is C39H65O9P. The second-order valence-electron chi connectivity index (χ2n) is 12.2. The number of carbonyl (C=O) groups is 3. The maximum absolute atomic E-state index is 12.3. The summed E-state index contributed by atoms with van der Waals surface area (Å²) in [6, 6.07) is 0. The zero-order valence-corrected chi connectivity index (χ0v) is 31.2. The number of rotatable bonds is 33. The van der Waals surface area contributed by atoms with Crippen molar-refractivity contribution in [2.24, 2.45) is 0 Å². The Balaban J connectivity index is 4.15. The molecule has 1 atom stereocenters. The van der Waals surface area contributed by atoms with Gasteiger partial charge < -0.3 is 19.3 Å². The molecule has 2 N–H and O–H groups in total. The normalized spacial score (nSPS) is 13.1. The van der Waals surface area contributed by atoms with Crippen molar-refractivity contribution in [1.29, 1.82) is 0 Å². The summed E-state index contributed by atoms with van der Waals surface area (Å²) in [5.74, 6) is -0.836. The van der Waals surface area contributed by atoms with Crippen LogP contribution in [0.3, 0.4) is 0 Å². The molecule has 0 aliphatic carbocycles. The van der Waals surface area contributed by atoms with Gasteiger partial charge in [-0.25, -0.2) is 4.57 Å². The van der Waals surface area contributed by atoms with Gasteiger partial charge in [0.1, 0.15) is 6.61 Å². The first-order valence-corrected chi connectivity index (χ1v) is 20.1.